The molecule has 1 aromatic carbocycles. The van der Waals surface area contributed by atoms with Crippen LogP contribution in [0.4, 0.5) is 0 Å². The van der Waals surface area contributed by atoms with E-state index >= 15 is 0 Å². The lowest BCUT2D eigenvalue weighted by Crippen LogP contribution is -2.13. The van der Waals surface area contributed by atoms with Crippen molar-refractivity contribution in [2.45, 2.75) is 43.9 Å². The second-order valence-corrected chi connectivity index (χ2v) is 10.5. The second-order valence-electron chi connectivity index (χ2n) is 8.00. The Balaban J connectivity index is 1.82. The molecule has 0 fully saturated rings. The van der Waals surface area contributed by atoms with E-state index in [9.17, 15) is 8.42 Å². The largest absolute Gasteiger partial charge is 0.448 e. The zero-order chi connectivity index (χ0) is 20.7. The number of sulfone groups is 1. The highest BCUT2D eigenvalue weighted by Gasteiger charge is 2.25. The molecule has 3 aromatic rings. The van der Waals surface area contributed by atoms with Crippen LogP contribution in [0.25, 0.3) is 11.4 Å². The van der Waals surface area contributed by atoms with Gasteiger partial charge in [0.1, 0.15) is 12.0 Å². The summed E-state index contributed by atoms with van der Waals surface area (Å²) in [5, 5.41) is 5.04. The number of aryl methyl sites for hydroxylation is 1. The summed E-state index contributed by atoms with van der Waals surface area (Å²) in [6, 6.07) is 8.13. The molecule has 0 amide bonds. The topological polar surface area (TPSA) is 78.0 Å². The van der Waals surface area contributed by atoms with Crippen molar-refractivity contribution in [2.75, 3.05) is 5.75 Å². The fourth-order valence-electron chi connectivity index (χ4n) is 2.84. The maximum Gasteiger partial charge on any atom is 0.198 e. The number of halogens is 1. The van der Waals surface area contributed by atoms with E-state index in [2.05, 4.69) is 30.9 Å². The summed E-state index contributed by atoms with van der Waals surface area (Å²) in [5.41, 5.74) is 2.33. The first-order valence-corrected chi connectivity index (χ1v) is 11.0. The van der Waals surface area contributed by atoms with Gasteiger partial charge in [-0.15, -0.1) is 0 Å². The van der Waals surface area contributed by atoms with Crippen LogP contribution in [0, 0.1) is 0 Å². The number of hydrogen-bond donors (Lipinski definition) is 0. The van der Waals surface area contributed by atoms with Crippen LogP contribution in [-0.4, -0.2) is 28.9 Å². The SMILES string of the molecule is CC(CS(=O)(=O)c1ccc(Cl)cc1)c1nc(-c2cc(C(C)(C)C)nn2C)co1. The number of aromatic nitrogens is 3. The molecule has 0 aliphatic carbocycles. The molecule has 0 saturated heterocycles. The molecule has 1 unspecified atom stereocenters. The summed E-state index contributed by atoms with van der Waals surface area (Å²) in [6.45, 7) is 8.07. The molecule has 6 nitrogen and oxygen atoms in total. The molecule has 3 rings (SSSR count). The third kappa shape index (κ3) is 4.31. The fraction of sp³-hybridized carbons (Fsp3) is 0.400. The van der Waals surface area contributed by atoms with Crippen LogP contribution in [0.15, 0.2) is 45.9 Å². The molecule has 0 spiro atoms. The van der Waals surface area contributed by atoms with E-state index in [0.29, 0.717) is 16.6 Å². The van der Waals surface area contributed by atoms with Crippen molar-refractivity contribution in [3.8, 4) is 11.4 Å². The molecule has 0 aliphatic rings. The van der Waals surface area contributed by atoms with Crippen LogP contribution in [0.2, 0.25) is 5.02 Å². The van der Waals surface area contributed by atoms with Crippen molar-refractivity contribution < 1.29 is 12.8 Å². The zero-order valence-corrected chi connectivity index (χ0v) is 18.2. The first kappa shape index (κ1) is 20.6. The minimum absolute atomic E-state index is 0.0808. The Morgan fingerprint density at radius 1 is 1.21 bits per heavy atom. The molecule has 8 heteroatoms. The van der Waals surface area contributed by atoms with Gasteiger partial charge in [-0.05, 0) is 30.3 Å². The molecule has 28 heavy (non-hydrogen) atoms. The second kappa shape index (κ2) is 7.37. The molecule has 0 bridgehead atoms. The van der Waals surface area contributed by atoms with Gasteiger partial charge >= 0.3 is 0 Å². The Morgan fingerprint density at radius 2 is 1.86 bits per heavy atom. The van der Waals surface area contributed by atoms with Gasteiger partial charge in [0.2, 0.25) is 0 Å². The van der Waals surface area contributed by atoms with Crippen molar-refractivity contribution in [3.63, 3.8) is 0 Å². The van der Waals surface area contributed by atoms with E-state index < -0.39 is 15.8 Å². The highest BCUT2D eigenvalue weighted by atomic mass is 35.5. The smallest absolute Gasteiger partial charge is 0.198 e. The summed E-state index contributed by atoms with van der Waals surface area (Å²) in [5.74, 6) is -0.122. The summed E-state index contributed by atoms with van der Waals surface area (Å²) < 4.78 is 32.6. The Labute approximate surface area is 170 Å². The molecular weight excluding hydrogens is 398 g/mol. The quantitative estimate of drug-likeness (QED) is 0.601. The van der Waals surface area contributed by atoms with E-state index in [-0.39, 0.29) is 16.1 Å². The van der Waals surface area contributed by atoms with Gasteiger partial charge in [0.05, 0.1) is 22.0 Å². The van der Waals surface area contributed by atoms with E-state index in [1.807, 2.05) is 13.1 Å². The monoisotopic (exact) mass is 421 g/mol. The highest BCUT2D eigenvalue weighted by molar-refractivity contribution is 7.91. The Kier molecular flexibility index (Phi) is 5.42. The van der Waals surface area contributed by atoms with Gasteiger partial charge in [0.15, 0.2) is 15.7 Å². The first-order valence-electron chi connectivity index (χ1n) is 8.96. The molecule has 0 radical (unpaired) electrons. The predicted molar refractivity (Wildman–Crippen MR) is 109 cm³/mol. The van der Waals surface area contributed by atoms with E-state index in [1.54, 1.807) is 30.0 Å². The lowest BCUT2D eigenvalue weighted by molar-refractivity contribution is 0.469. The van der Waals surface area contributed by atoms with Gasteiger partial charge in [-0.25, -0.2) is 13.4 Å². The van der Waals surface area contributed by atoms with Crippen LogP contribution in [0.5, 0.6) is 0 Å². The third-order valence-electron chi connectivity index (χ3n) is 4.50. The first-order chi connectivity index (χ1) is 13.0. The van der Waals surface area contributed by atoms with Crippen molar-refractivity contribution >= 4 is 21.4 Å². The van der Waals surface area contributed by atoms with Crippen molar-refractivity contribution in [1.82, 2.24) is 14.8 Å². The standard InChI is InChI=1S/C20H24ClN3O3S/c1-13(12-28(25,26)15-8-6-14(21)7-9-15)19-22-16(11-27-19)17-10-18(20(2,3)4)23-24(17)5/h6-11,13H,12H2,1-5H3. The maximum absolute atomic E-state index is 12.6. The molecule has 2 heterocycles. The molecule has 0 saturated carbocycles. The average Bonchev–Trinajstić information content (AvgIpc) is 3.21. The van der Waals surface area contributed by atoms with Gasteiger partial charge in [-0.3, -0.25) is 4.68 Å². The molecule has 150 valence electrons. The molecule has 1 atom stereocenters. The lowest BCUT2D eigenvalue weighted by Gasteiger charge is -2.13. The van der Waals surface area contributed by atoms with Gasteiger partial charge in [-0.2, -0.15) is 5.10 Å². The molecular formula is C20H24ClN3O3S. The average molecular weight is 422 g/mol. The number of oxazole rings is 1. The Hall–Kier alpha value is -2.12. The normalized spacial score (nSPS) is 13.6. The maximum atomic E-state index is 12.6. The van der Waals surface area contributed by atoms with Crippen LogP contribution in [0.3, 0.4) is 0 Å². The molecule has 0 N–H and O–H groups in total. The van der Waals surface area contributed by atoms with Crippen LogP contribution < -0.4 is 0 Å². The Morgan fingerprint density at radius 3 is 2.43 bits per heavy atom. The minimum atomic E-state index is -3.48. The minimum Gasteiger partial charge on any atom is -0.448 e. The number of nitrogens with zero attached hydrogens (tertiary/aromatic N) is 3. The van der Waals surface area contributed by atoms with Gasteiger partial charge < -0.3 is 4.42 Å². The number of hydrogen-bond acceptors (Lipinski definition) is 5. The van der Waals surface area contributed by atoms with Gasteiger partial charge in [0, 0.05) is 23.4 Å². The third-order valence-corrected chi connectivity index (χ3v) is 6.68. The summed E-state index contributed by atoms with van der Waals surface area (Å²) in [7, 11) is -1.62. The summed E-state index contributed by atoms with van der Waals surface area (Å²) >= 11 is 5.84. The molecule has 0 aliphatic heterocycles. The van der Waals surface area contributed by atoms with Crippen molar-refractivity contribution in [1.29, 1.82) is 0 Å². The lowest BCUT2D eigenvalue weighted by atomic mass is 9.92. The predicted octanol–water partition coefficient (Wildman–Crippen LogP) is 4.60. The van der Waals surface area contributed by atoms with Crippen LogP contribution in [0.1, 0.15) is 45.2 Å². The number of benzene rings is 1. The fourth-order valence-corrected chi connectivity index (χ4v) is 4.51. The zero-order valence-electron chi connectivity index (χ0n) is 16.6. The number of rotatable bonds is 5. The van der Waals surface area contributed by atoms with E-state index in [0.717, 1.165) is 11.4 Å². The van der Waals surface area contributed by atoms with Crippen molar-refractivity contribution in [2.24, 2.45) is 7.05 Å². The highest BCUT2D eigenvalue weighted by Crippen LogP contribution is 2.28. The summed E-state index contributed by atoms with van der Waals surface area (Å²) in [4.78, 5) is 4.75. The van der Waals surface area contributed by atoms with E-state index in [4.69, 9.17) is 16.0 Å². The molecule has 2 aromatic heterocycles. The van der Waals surface area contributed by atoms with Crippen LogP contribution in [-0.2, 0) is 22.3 Å². The van der Waals surface area contributed by atoms with Crippen molar-refractivity contribution in [3.05, 3.63) is 53.2 Å². The van der Waals surface area contributed by atoms with Gasteiger partial charge in [0.25, 0.3) is 0 Å². The Bertz CT molecular complexity index is 1080. The van der Waals surface area contributed by atoms with Crippen LogP contribution >= 0.6 is 11.6 Å². The van der Waals surface area contributed by atoms with Gasteiger partial charge in [-0.1, -0.05) is 39.3 Å². The summed E-state index contributed by atoms with van der Waals surface area (Å²) in [6.07, 6.45) is 1.55. The van der Waals surface area contributed by atoms with E-state index in [1.165, 1.54) is 12.1 Å².